The van der Waals surface area contributed by atoms with Crippen LogP contribution in [0, 0.1) is 11.3 Å². The van der Waals surface area contributed by atoms with Gasteiger partial charge in [0.25, 0.3) is 5.91 Å². The van der Waals surface area contributed by atoms with Gasteiger partial charge < -0.3 is 14.8 Å². The van der Waals surface area contributed by atoms with Gasteiger partial charge in [-0.25, -0.2) is 0 Å². The van der Waals surface area contributed by atoms with E-state index in [-0.39, 0.29) is 12.5 Å². The first kappa shape index (κ1) is 16.4. The molecule has 1 N–H and O–H groups in total. The zero-order chi connectivity index (χ0) is 16.5. The predicted molar refractivity (Wildman–Crippen MR) is 86.1 cm³/mol. The van der Waals surface area contributed by atoms with Gasteiger partial charge in [0, 0.05) is 6.54 Å². The Morgan fingerprint density at radius 2 is 1.87 bits per heavy atom. The molecular formula is C18H18N2O3. The Hall–Kier alpha value is -3.00. The second kappa shape index (κ2) is 8.44. The van der Waals surface area contributed by atoms with Crippen LogP contribution in [0.15, 0.2) is 48.5 Å². The number of ether oxygens (including phenoxy) is 2. The van der Waals surface area contributed by atoms with Gasteiger partial charge in [-0.1, -0.05) is 24.3 Å². The summed E-state index contributed by atoms with van der Waals surface area (Å²) in [5.41, 5.74) is 1.44. The Bertz CT molecular complexity index is 707. The number of carbonyl (C=O) groups is 1. The number of hydrogen-bond donors (Lipinski definition) is 1. The molecule has 0 radical (unpaired) electrons. The topological polar surface area (TPSA) is 71.3 Å². The number of nitrogens with zero attached hydrogens (tertiary/aromatic N) is 1. The van der Waals surface area contributed by atoms with Crippen molar-refractivity contribution in [2.24, 2.45) is 0 Å². The lowest BCUT2D eigenvalue weighted by Crippen LogP contribution is -2.28. The highest BCUT2D eigenvalue weighted by atomic mass is 16.5. The fourth-order valence-electron chi connectivity index (χ4n) is 1.99. The van der Waals surface area contributed by atoms with Crippen molar-refractivity contribution in [3.63, 3.8) is 0 Å². The SMILES string of the molecule is CCOc1ccccc1OCC(=O)NCc1cccc(C#N)c1. The summed E-state index contributed by atoms with van der Waals surface area (Å²) in [4.78, 5) is 11.9. The Balaban J connectivity index is 1.85. The summed E-state index contributed by atoms with van der Waals surface area (Å²) in [5, 5.41) is 11.6. The van der Waals surface area contributed by atoms with Gasteiger partial charge >= 0.3 is 0 Å². The molecule has 0 heterocycles. The number of nitrogens with one attached hydrogen (secondary N) is 1. The standard InChI is InChI=1S/C18H18N2O3/c1-2-22-16-8-3-4-9-17(16)23-13-18(21)20-12-15-7-5-6-14(10-15)11-19/h3-10H,2,12-13H2,1H3,(H,20,21). The molecule has 2 aromatic carbocycles. The predicted octanol–water partition coefficient (Wildman–Crippen LogP) is 2.65. The van der Waals surface area contributed by atoms with E-state index in [1.54, 1.807) is 30.3 Å². The second-order valence-corrected chi connectivity index (χ2v) is 4.76. The number of amides is 1. The molecular weight excluding hydrogens is 292 g/mol. The first-order valence-corrected chi connectivity index (χ1v) is 7.33. The number of benzene rings is 2. The van der Waals surface area contributed by atoms with Crippen LogP contribution in [0.5, 0.6) is 11.5 Å². The first-order chi connectivity index (χ1) is 11.2. The van der Waals surface area contributed by atoms with Crippen LogP contribution in [0.1, 0.15) is 18.1 Å². The van der Waals surface area contributed by atoms with Crippen molar-refractivity contribution in [2.75, 3.05) is 13.2 Å². The van der Waals surface area contributed by atoms with Crippen molar-refractivity contribution >= 4 is 5.91 Å². The highest BCUT2D eigenvalue weighted by Gasteiger charge is 2.07. The maximum absolute atomic E-state index is 11.9. The third-order valence-corrected chi connectivity index (χ3v) is 3.05. The normalized spacial score (nSPS) is 9.74. The van der Waals surface area contributed by atoms with Crippen molar-refractivity contribution in [3.05, 3.63) is 59.7 Å². The Kier molecular flexibility index (Phi) is 6.01. The summed E-state index contributed by atoms with van der Waals surface area (Å²) >= 11 is 0. The summed E-state index contributed by atoms with van der Waals surface area (Å²) in [6, 6.07) is 16.4. The van der Waals surface area contributed by atoms with Crippen molar-refractivity contribution in [3.8, 4) is 17.6 Å². The molecule has 0 saturated heterocycles. The van der Waals surface area contributed by atoms with Gasteiger partial charge in [-0.05, 0) is 36.8 Å². The van der Waals surface area contributed by atoms with E-state index in [1.165, 1.54) is 0 Å². The number of rotatable bonds is 7. The minimum Gasteiger partial charge on any atom is -0.490 e. The van der Waals surface area contributed by atoms with Gasteiger partial charge in [0.05, 0.1) is 18.2 Å². The van der Waals surface area contributed by atoms with Crippen LogP contribution in [0.4, 0.5) is 0 Å². The van der Waals surface area contributed by atoms with Crippen LogP contribution in [0.2, 0.25) is 0 Å². The summed E-state index contributed by atoms with van der Waals surface area (Å²) in [6.45, 7) is 2.67. The van der Waals surface area contributed by atoms with Gasteiger partial charge in [0.1, 0.15) is 0 Å². The number of hydrogen-bond acceptors (Lipinski definition) is 4. The highest BCUT2D eigenvalue weighted by molar-refractivity contribution is 5.77. The second-order valence-electron chi connectivity index (χ2n) is 4.76. The van der Waals surface area contributed by atoms with Crippen molar-refractivity contribution in [1.82, 2.24) is 5.32 Å². The average Bonchev–Trinajstić information content (AvgIpc) is 2.59. The van der Waals surface area contributed by atoms with Crippen LogP contribution >= 0.6 is 0 Å². The van der Waals surface area contributed by atoms with Crippen LogP contribution in [-0.4, -0.2) is 19.1 Å². The monoisotopic (exact) mass is 310 g/mol. The minimum absolute atomic E-state index is 0.0952. The lowest BCUT2D eigenvalue weighted by Gasteiger charge is -2.11. The number of nitriles is 1. The van der Waals surface area contributed by atoms with Gasteiger partial charge in [-0.2, -0.15) is 5.26 Å². The Labute approximate surface area is 135 Å². The molecule has 0 bridgehead atoms. The quantitative estimate of drug-likeness (QED) is 0.853. The van der Waals surface area contributed by atoms with Crippen molar-refractivity contribution < 1.29 is 14.3 Å². The Morgan fingerprint density at radius 3 is 2.57 bits per heavy atom. The van der Waals surface area contributed by atoms with Gasteiger partial charge in [0.15, 0.2) is 18.1 Å². The molecule has 0 aliphatic heterocycles. The summed E-state index contributed by atoms with van der Waals surface area (Å²) in [6.07, 6.45) is 0. The fourth-order valence-corrected chi connectivity index (χ4v) is 1.99. The molecule has 0 saturated carbocycles. The van der Waals surface area contributed by atoms with Crippen molar-refractivity contribution in [2.45, 2.75) is 13.5 Å². The van der Waals surface area contributed by atoms with E-state index >= 15 is 0 Å². The van der Waals surface area contributed by atoms with Crippen LogP contribution in [0.3, 0.4) is 0 Å². The minimum atomic E-state index is -0.237. The van der Waals surface area contributed by atoms with E-state index in [0.717, 1.165) is 5.56 Å². The molecule has 0 aromatic heterocycles. The van der Waals surface area contributed by atoms with Crippen LogP contribution in [-0.2, 0) is 11.3 Å². The fraction of sp³-hybridized carbons (Fsp3) is 0.222. The van der Waals surface area contributed by atoms with Crippen LogP contribution < -0.4 is 14.8 Å². The van der Waals surface area contributed by atoms with E-state index in [4.69, 9.17) is 14.7 Å². The molecule has 0 spiro atoms. The molecule has 0 fully saturated rings. The van der Waals surface area contributed by atoms with Gasteiger partial charge in [-0.3, -0.25) is 4.79 Å². The van der Waals surface area contributed by atoms with Gasteiger partial charge in [0.2, 0.25) is 0 Å². The molecule has 5 nitrogen and oxygen atoms in total. The summed E-state index contributed by atoms with van der Waals surface area (Å²) < 4.78 is 10.9. The third kappa shape index (κ3) is 5.04. The number of carbonyl (C=O) groups excluding carboxylic acids is 1. The largest absolute Gasteiger partial charge is 0.490 e. The lowest BCUT2D eigenvalue weighted by molar-refractivity contribution is -0.123. The molecule has 1 amide bonds. The summed E-state index contributed by atoms with van der Waals surface area (Å²) in [5.74, 6) is 0.916. The molecule has 5 heteroatoms. The first-order valence-electron chi connectivity index (χ1n) is 7.33. The molecule has 2 rings (SSSR count). The summed E-state index contributed by atoms with van der Waals surface area (Å²) in [7, 11) is 0. The maximum atomic E-state index is 11.9. The molecule has 118 valence electrons. The molecule has 23 heavy (non-hydrogen) atoms. The molecule has 0 unspecified atom stereocenters. The smallest absolute Gasteiger partial charge is 0.258 e. The lowest BCUT2D eigenvalue weighted by atomic mass is 10.1. The maximum Gasteiger partial charge on any atom is 0.258 e. The van der Waals surface area contributed by atoms with E-state index in [9.17, 15) is 4.79 Å². The van der Waals surface area contributed by atoms with Crippen LogP contribution in [0.25, 0.3) is 0 Å². The molecule has 0 aliphatic rings. The third-order valence-electron chi connectivity index (χ3n) is 3.05. The number of para-hydroxylation sites is 2. The van der Waals surface area contributed by atoms with Crippen molar-refractivity contribution in [1.29, 1.82) is 5.26 Å². The zero-order valence-corrected chi connectivity index (χ0v) is 12.9. The molecule has 0 atom stereocenters. The average molecular weight is 310 g/mol. The highest BCUT2D eigenvalue weighted by Crippen LogP contribution is 2.26. The molecule has 0 aliphatic carbocycles. The van der Waals surface area contributed by atoms with Gasteiger partial charge in [-0.15, -0.1) is 0 Å². The van der Waals surface area contributed by atoms with E-state index in [2.05, 4.69) is 11.4 Å². The zero-order valence-electron chi connectivity index (χ0n) is 12.9. The van der Waals surface area contributed by atoms with E-state index in [0.29, 0.717) is 30.2 Å². The van der Waals surface area contributed by atoms with E-state index in [1.807, 2.05) is 25.1 Å². The molecule has 2 aromatic rings. The van der Waals surface area contributed by atoms with E-state index < -0.39 is 0 Å². The Morgan fingerprint density at radius 1 is 1.13 bits per heavy atom.